The van der Waals surface area contributed by atoms with Crippen LogP contribution in [0.1, 0.15) is 28.8 Å². The lowest BCUT2D eigenvalue weighted by Crippen LogP contribution is -2.67. The lowest BCUT2D eigenvalue weighted by molar-refractivity contribution is -0.132. The predicted molar refractivity (Wildman–Crippen MR) is 108 cm³/mol. The Morgan fingerprint density at radius 3 is 2.52 bits per heavy atom. The predicted octanol–water partition coefficient (Wildman–Crippen LogP) is 2.58. The van der Waals surface area contributed by atoms with Gasteiger partial charge in [-0.25, -0.2) is 4.39 Å². The SMILES string of the molecule is COc1ccc(CC(=O)N2CCC3(CC2)NC(=O)c2cc(F)ccc2N3C)cc1. The van der Waals surface area contributed by atoms with Crippen molar-refractivity contribution in [3.8, 4) is 5.75 Å². The number of ether oxygens (including phenoxy) is 1. The molecule has 152 valence electrons. The average Bonchev–Trinajstić information content (AvgIpc) is 2.73. The summed E-state index contributed by atoms with van der Waals surface area (Å²) >= 11 is 0. The maximum atomic E-state index is 13.5. The molecule has 0 radical (unpaired) electrons. The summed E-state index contributed by atoms with van der Waals surface area (Å²) in [5.41, 5.74) is 1.44. The molecule has 0 unspecified atom stereocenters. The van der Waals surface area contributed by atoms with Crippen LogP contribution >= 0.6 is 0 Å². The molecule has 0 saturated carbocycles. The van der Waals surface area contributed by atoms with E-state index < -0.39 is 11.5 Å². The first-order valence-electron chi connectivity index (χ1n) is 9.68. The summed E-state index contributed by atoms with van der Waals surface area (Å²) in [6, 6.07) is 11.8. The van der Waals surface area contributed by atoms with Crippen LogP contribution in [0.4, 0.5) is 10.1 Å². The molecule has 6 nitrogen and oxygen atoms in total. The van der Waals surface area contributed by atoms with Crippen LogP contribution in [-0.2, 0) is 11.2 Å². The summed E-state index contributed by atoms with van der Waals surface area (Å²) in [6.07, 6.45) is 1.56. The third kappa shape index (κ3) is 3.52. The quantitative estimate of drug-likeness (QED) is 0.865. The molecule has 2 aliphatic rings. The molecule has 2 aliphatic heterocycles. The van der Waals surface area contributed by atoms with Gasteiger partial charge in [0.2, 0.25) is 5.91 Å². The number of nitrogens with one attached hydrogen (secondary N) is 1. The molecule has 1 spiro atoms. The number of benzene rings is 2. The molecule has 1 saturated heterocycles. The van der Waals surface area contributed by atoms with Crippen LogP contribution in [0.5, 0.6) is 5.75 Å². The van der Waals surface area contributed by atoms with Crippen molar-refractivity contribution in [2.75, 3.05) is 32.1 Å². The number of halogens is 1. The van der Waals surface area contributed by atoms with Gasteiger partial charge in [-0.1, -0.05) is 12.1 Å². The average molecular weight is 397 g/mol. The highest BCUT2D eigenvalue weighted by Gasteiger charge is 2.44. The number of hydrogen-bond acceptors (Lipinski definition) is 4. The Morgan fingerprint density at radius 1 is 1.17 bits per heavy atom. The second-order valence-electron chi connectivity index (χ2n) is 7.61. The van der Waals surface area contributed by atoms with E-state index in [1.807, 2.05) is 41.1 Å². The monoisotopic (exact) mass is 397 g/mol. The van der Waals surface area contributed by atoms with Crippen molar-refractivity contribution in [2.45, 2.75) is 24.9 Å². The minimum absolute atomic E-state index is 0.0669. The van der Waals surface area contributed by atoms with Crippen molar-refractivity contribution in [1.82, 2.24) is 10.2 Å². The van der Waals surface area contributed by atoms with Crippen molar-refractivity contribution < 1.29 is 18.7 Å². The van der Waals surface area contributed by atoms with E-state index in [0.29, 0.717) is 43.6 Å². The van der Waals surface area contributed by atoms with Crippen LogP contribution in [0.2, 0.25) is 0 Å². The Balaban J connectivity index is 1.43. The number of fused-ring (bicyclic) bond motifs is 1. The standard InChI is InChI=1S/C22H24FN3O3/c1-25-19-8-5-16(23)14-18(19)21(28)24-22(25)9-11-26(12-10-22)20(27)13-15-3-6-17(29-2)7-4-15/h3-8,14H,9-13H2,1-2H3,(H,24,28). The number of rotatable bonds is 3. The van der Waals surface area contributed by atoms with Gasteiger partial charge >= 0.3 is 0 Å². The van der Waals surface area contributed by atoms with E-state index in [0.717, 1.165) is 11.3 Å². The summed E-state index contributed by atoms with van der Waals surface area (Å²) in [7, 11) is 3.52. The number of carbonyl (C=O) groups is 2. The van der Waals surface area contributed by atoms with Gasteiger partial charge in [-0.2, -0.15) is 0 Å². The van der Waals surface area contributed by atoms with Gasteiger partial charge in [0.25, 0.3) is 5.91 Å². The Morgan fingerprint density at radius 2 is 1.86 bits per heavy atom. The molecule has 2 amide bonds. The molecule has 2 aromatic carbocycles. The van der Waals surface area contributed by atoms with Crippen LogP contribution in [0.15, 0.2) is 42.5 Å². The molecule has 0 bridgehead atoms. The summed E-state index contributed by atoms with van der Waals surface area (Å²) < 4.78 is 18.7. The number of hydrogen-bond donors (Lipinski definition) is 1. The first-order valence-corrected chi connectivity index (χ1v) is 9.68. The zero-order chi connectivity index (χ0) is 20.6. The molecule has 7 heteroatoms. The van der Waals surface area contributed by atoms with Crippen LogP contribution in [0.3, 0.4) is 0 Å². The molecule has 0 aromatic heterocycles. The van der Waals surface area contributed by atoms with Gasteiger partial charge in [0.15, 0.2) is 0 Å². The van der Waals surface area contributed by atoms with Crippen molar-refractivity contribution in [3.05, 3.63) is 59.4 Å². The van der Waals surface area contributed by atoms with Gasteiger partial charge in [-0.3, -0.25) is 9.59 Å². The number of piperidine rings is 1. The van der Waals surface area contributed by atoms with Gasteiger partial charge in [-0.05, 0) is 35.9 Å². The van der Waals surface area contributed by atoms with E-state index in [9.17, 15) is 14.0 Å². The second kappa shape index (κ2) is 7.39. The summed E-state index contributed by atoms with van der Waals surface area (Å²) in [6.45, 7) is 1.10. The van der Waals surface area contributed by atoms with Gasteiger partial charge in [0, 0.05) is 33.0 Å². The largest absolute Gasteiger partial charge is 0.497 e. The minimum atomic E-state index is -0.557. The summed E-state index contributed by atoms with van der Waals surface area (Å²) in [5.74, 6) is 0.132. The van der Waals surface area contributed by atoms with Crippen LogP contribution in [0, 0.1) is 5.82 Å². The highest BCUT2D eigenvalue weighted by molar-refractivity contribution is 6.02. The third-order valence-corrected chi connectivity index (χ3v) is 6.01. The van der Waals surface area contributed by atoms with E-state index in [1.165, 1.54) is 12.1 Å². The molecule has 4 rings (SSSR count). The number of nitrogens with zero attached hydrogens (tertiary/aromatic N) is 2. The Bertz CT molecular complexity index is 937. The Hall–Kier alpha value is -3.09. The van der Waals surface area contributed by atoms with Crippen molar-refractivity contribution >= 4 is 17.5 Å². The van der Waals surface area contributed by atoms with Crippen molar-refractivity contribution in [3.63, 3.8) is 0 Å². The Kier molecular flexibility index (Phi) is 4.90. The van der Waals surface area contributed by atoms with Crippen molar-refractivity contribution in [1.29, 1.82) is 0 Å². The molecular weight excluding hydrogens is 373 g/mol. The number of likely N-dealkylation sites (tertiary alicyclic amines) is 1. The summed E-state index contributed by atoms with van der Waals surface area (Å²) in [5, 5.41) is 3.06. The van der Waals surface area contributed by atoms with Crippen molar-refractivity contribution in [2.24, 2.45) is 0 Å². The highest BCUT2D eigenvalue weighted by Crippen LogP contribution is 2.36. The second-order valence-corrected chi connectivity index (χ2v) is 7.61. The number of carbonyl (C=O) groups excluding carboxylic acids is 2. The lowest BCUT2D eigenvalue weighted by Gasteiger charge is -2.51. The zero-order valence-electron chi connectivity index (χ0n) is 16.6. The van der Waals surface area contributed by atoms with Crippen LogP contribution in [-0.4, -0.2) is 49.6 Å². The fraction of sp³-hybridized carbons (Fsp3) is 0.364. The van der Waals surface area contributed by atoms with Gasteiger partial charge in [0.1, 0.15) is 17.2 Å². The maximum absolute atomic E-state index is 13.5. The molecule has 2 heterocycles. The first kappa shape index (κ1) is 19.2. The highest BCUT2D eigenvalue weighted by atomic mass is 19.1. The maximum Gasteiger partial charge on any atom is 0.255 e. The number of amides is 2. The van der Waals surface area contributed by atoms with Gasteiger partial charge in [0.05, 0.1) is 24.8 Å². The van der Waals surface area contributed by atoms with E-state index in [1.54, 1.807) is 13.2 Å². The molecule has 2 aromatic rings. The number of methoxy groups -OCH3 is 1. The van der Waals surface area contributed by atoms with E-state index >= 15 is 0 Å². The molecule has 1 N–H and O–H groups in total. The minimum Gasteiger partial charge on any atom is -0.497 e. The smallest absolute Gasteiger partial charge is 0.255 e. The van der Waals surface area contributed by atoms with Crippen LogP contribution < -0.4 is 15.0 Å². The Labute approximate surface area is 169 Å². The normalized spacial score (nSPS) is 17.7. The van der Waals surface area contributed by atoms with E-state index in [4.69, 9.17) is 4.74 Å². The van der Waals surface area contributed by atoms with Gasteiger partial charge in [-0.15, -0.1) is 0 Å². The topological polar surface area (TPSA) is 61.9 Å². The van der Waals surface area contributed by atoms with Gasteiger partial charge < -0.3 is 19.9 Å². The summed E-state index contributed by atoms with van der Waals surface area (Å²) in [4.78, 5) is 29.1. The molecular formula is C22H24FN3O3. The number of anilines is 1. The third-order valence-electron chi connectivity index (χ3n) is 6.01. The molecule has 29 heavy (non-hydrogen) atoms. The van der Waals surface area contributed by atoms with Crippen LogP contribution in [0.25, 0.3) is 0 Å². The zero-order valence-corrected chi connectivity index (χ0v) is 16.6. The molecule has 0 atom stereocenters. The first-order chi connectivity index (χ1) is 13.9. The molecule has 1 fully saturated rings. The fourth-order valence-electron chi connectivity index (χ4n) is 4.19. The fourth-order valence-corrected chi connectivity index (χ4v) is 4.19. The lowest BCUT2D eigenvalue weighted by atomic mass is 9.90. The van der Waals surface area contributed by atoms with E-state index in [2.05, 4.69) is 5.32 Å². The van der Waals surface area contributed by atoms with E-state index in [-0.39, 0.29) is 11.8 Å². The molecule has 0 aliphatic carbocycles.